The van der Waals surface area contributed by atoms with Crippen molar-refractivity contribution in [1.82, 2.24) is 18.3 Å². The van der Waals surface area contributed by atoms with Crippen molar-refractivity contribution in [2.75, 3.05) is 4.90 Å². The minimum Gasteiger partial charge on any atom is -0.311 e. The fourth-order valence-electron chi connectivity index (χ4n) is 17.0. The maximum absolute atomic E-state index is 2.53. The number of hydrogen-bond acceptors (Lipinski definition) is 1. The predicted molar refractivity (Wildman–Crippen MR) is 435 cm³/mol. The average Bonchev–Trinajstić information content (AvgIpc) is 1.53. The van der Waals surface area contributed by atoms with Gasteiger partial charge < -0.3 is 23.2 Å². The second-order valence-electron chi connectivity index (χ2n) is 27.1. The normalized spacial score (nSPS) is 11.9. The lowest BCUT2D eigenvalue weighted by Gasteiger charge is -2.25. The van der Waals surface area contributed by atoms with E-state index in [-0.39, 0.29) is 0 Å². The summed E-state index contributed by atoms with van der Waals surface area (Å²) in [4.78, 5) is 2.32. The van der Waals surface area contributed by atoms with Gasteiger partial charge in [0.25, 0.3) is 0 Å². The van der Waals surface area contributed by atoms with Gasteiger partial charge in [-0.15, -0.1) is 0 Å². The summed E-state index contributed by atoms with van der Waals surface area (Å²) in [6.45, 7) is 0. The van der Waals surface area contributed by atoms with Gasteiger partial charge in [0.15, 0.2) is 0 Å². The minimum absolute atomic E-state index is 1.10. The summed E-state index contributed by atoms with van der Waals surface area (Å²) >= 11 is 0. The van der Waals surface area contributed by atoms with Gasteiger partial charge in [-0.1, -0.05) is 249 Å². The Labute approximate surface area is 594 Å². The fraction of sp³-hybridized carbons (Fsp3) is 0. The van der Waals surface area contributed by atoms with Gasteiger partial charge >= 0.3 is 0 Å². The average molecular weight is 1310 g/mol. The Kier molecular flexibility index (Phi) is 13.3. The second-order valence-corrected chi connectivity index (χ2v) is 27.1. The summed E-state index contributed by atoms with van der Waals surface area (Å²) in [5.74, 6) is 0. The van der Waals surface area contributed by atoms with Crippen LogP contribution in [0.5, 0.6) is 0 Å². The molecule has 0 saturated carbocycles. The molecule has 21 aromatic rings. The van der Waals surface area contributed by atoms with Crippen LogP contribution in [-0.2, 0) is 0 Å². The van der Waals surface area contributed by atoms with Crippen LogP contribution < -0.4 is 4.90 Å². The van der Waals surface area contributed by atoms with Crippen LogP contribution in [0.15, 0.2) is 382 Å². The van der Waals surface area contributed by atoms with Crippen molar-refractivity contribution in [1.29, 1.82) is 0 Å². The molecule has 0 aliphatic carbocycles. The zero-order chi connectivity index (χ0) is 67.6. The molecule has 480 valence electrons. The zero-order valence-electron chi connectivity index (χ0n) is 56.1. The van der Waals surface area contributed by atoms with Crippen LogP contribution in [0, 0.1) is 0 Å². The van der Waals surface area contributed by atoms with Gasteiger partial charge in [-0.25, -0.2) is 0 Å². The van der Waals surface area contributed by atoms with E-state index in [0.29, 0.717) is 0 Å². The van der Waals surface area contributed by atoms with Crippen molar-refractivity contribution in [3.63, 3.8) is 0 Å². The molecular weight excluding hydrogens is 1250 g/mol. The monoisotopic (exact) mass is 1310 g/mol. The topological polar surface area (TPSA) is 23.0 Å². The third-order valence-corrected chi connectivity index (χ3v) is 21.4. The van der Waals surface area contributed by atoms with Crippen molar-refractivity contribution >= 4 is 126 Å². The maximum Gasteiger partial charge on any atom is 0.0627 e. The Bertz CT molecular complexity index is 6870. The molecule has 17 aromatic carbocycles. The van der Waals surface area contributed by atoms with Crippen molar-refractivity contribution < 1.29 is 0 Å². The number of anilines is 3. The van der Waals surface area contributed by atoms with Gasteiger partial charge in [-0.2, -0.15) is 0 Å². The number of benzene rings is 17. The summed E-state index contributed by atoms with van der Waals surface area (Å²) in [6, 6.07) is 141. The van der Waals surface area contributed by atoms with E-state index in [1.807, 2.05) is 0 Å². The smallest absolute Gasteiger partial charge is 0.0627 e. The van der Waals surface area contributed by atoms with Crippen LogP contribution in [0.4, 0.5) is 17.1 Å². The first-order chi connectivity index (χ1) is 51.1. The molecule has 0 N–H and O–H groups in total. The van der Waals surface area contributed by atoms with Gasteiger partial charge in [0, 0.05) is 104 Å². The van der Waals surface area contributed by atoms with Crippen LogP contribution in [0.25, 0.3) is 176 Å². The number of hydrogen-bond donors (Lipinski definition) is 0. The van der Waals surface area contributed by atoms with Gasteiger partial charge in [0.2, 0.25) is 0 Å². The molecule has 0 aliphatic heterocycles. The fourth-order valence-corrected chi connectivity index (χ4v) is 17.0. The van der Waals surface area contributed by atoms with Gasteiger partial charge in [-0.05, 0) is 178 Å². The SMILES string of the molecule is c1ccc(-c2ccc3c(c2)c2c4c5cc(-c6cccc(-c7ccc(-n8c9ccc(-c%10ccc(N(c%11ccccc%11)c%11ccccc%11)cc%10)cc9c9c%10c%11ccccc%11n(-c%11ccccc%11)c%10c%10ccccc%10c98)cc7)c6)ccc5n(-c5ccccc5)c4c4ccccc4c2n3-c2ccccc2)cc1. The Balaban J connectivity index is 0.741. The first-order valence-electron chi connectivity index (χ1n) is 35.5. The first-order valence-corrected chi connectivity index (χ1v) is 35.5. The third kappa shape index (κ3) is 9.13. The van der Waals surface area contributed by atoms with E-state index >= 15 is 0 Å². The molecule has 0 unspecified atom stereocenters. The summed E-state index contributed by atoms with van der Waals surface area (Å²) in [5.41, 5.74) is 26.6. The molecule has 0 atom stereocenters. The zero-order valence-corrected chi connectivity index (χ0v) is 56.1. The van der Waals surface area contributed by atoms with Crippen molar-refractivity contribution in [2.24, 2.45) is 0 Å². The lowest BCUT2D eigenvalue weighted by molar-refractivity contribution is 1.18. The largest absolute Gasteiger partial charge is 0.311 e. The van der Waals surface area contributed by atoms with E-state index in [4.69, 9.17) is 0 Å². The van der Waals surface area contributed by atoms with E-state index < -0.39 is 0 Å². The van der Waals surface area contributed by atoms with E-state index in [1.54, 1.807) is 0 Å². The van der Waals surface area contributed by atoms with E-state index in [2.05, 4.69) is 405 Å². The Morgan fingerprint density at radius 3 is 0.816 bits per heavy atom. The third-order valence-electron chi connectivity index (χ3n) is 21.4. The van der Waals surface area contributed by atoms with Crippen LogP contribution in [0.1, 0.15) is 0 Å². The summed E-state index contributed by atoms with van der Waals surface area (Å²) in [7, 11) is 0. The molecule has 5 nitrogen and oxygen atoms in total. The van der Waals surface area contributed by atoms with Crippen LogP contribution in [0.3, 0.4) is 0 Å². The molecule has 0 saturated heterocycles. The van der Waals surface area contributed by atoms with Crippen molar-refractivity contribution in [2.45, 2.75) is 0 Å². The molecule has 0 fully saturated rings. The highest BCUT2D eigenvalue weighted by Crippen LogP contribution is 2.51. The Morgan fingerprint density at radius 1 is 0.155 bits per heavy atom. The van der Waals surface area contributed by atoms with Crippen molar-refractivity contribution in [3.05, 3.63) is 382 Å². The molecule has 21 rings (SSSR count). The number of fused-ring (bicyclic) bond motifs is 20. The van der Waals surface area contributed by atoms with E-state index in [1.165, 1.54) is 109 Å². The molecule has 4 heterocycles. The Morgan fingerprint density at radius 2 is 0.408 bits per heavy atom. The van der Waals surface area contributed by atoms with Crippen LogP contribution in [-0.4, -0.2) is 18.3 Å². The lowest BCUT2D eigenvalue weighted by atomic mass is 9.95. The highest BCUT2D eigenvalue weighted by Gasteiger charge is 2.28. The number of aromatic nitrogens is 4. The highest BCUT2D eigenvalue weighted by atomic mass is 15.1. The molecular formula is C98H63N5. The van der Waals surface area contributed by atoms with Crippen molar-refractivity contribution in [3.8, 4) is 67.3 Å². The molecule has 4 aromatic heterocycles. The number of para-hydroxylation sites is 6. The van der Waals surface area contributed by atoms with E-state index in [0.717, 1.165) is 84.2 Å². The van der Waals surface area contributed by atoms with Crippen LogP contribution >= 0.6 is 0 Å². The number of nitrogens with zero attached hydrogens (tertiary/aromatic N) is 5. The van der Waals surface area contributed by atoms with Crippen LogP contribution in [0.2, 0.25) is 0 Å². The Hall–Kier alpha value is -13.7. The molecule has 5 heteroatoms. The van der Waals surface area contributed by atoms with E-state index in [9.17, 15) is 0 Å². The summed E-state index contributed by atoms with van der Waals surface area (Å²) < 4.78 is 10.0. The van der Waals surface area contributed by atoms with Gasteiger partial charge in [0.05, 0.1) is 44.1 Å². The standard InChI is InChI=1S/C98H63N5/c1-7-26-64(27-8-1)69-50-57-88-85(61-69)93-94-86-63-71(52-59-89(86)102(76-38-17-6-18-39-76)98(94)82-43-22-21-42-81(82)97(93)101(88)75-36-15-5-16-37-75)68-29-25-28-67(60-68)65-48-55-78(56-49-65)103-90-58-51-70(66-46-53-77(54-47-66)99(72-30-9-2-10-31-72)73-32-11-3-12-33-73)62-84(90)92-91-83-44-23-24-45-87(83)100(74-34-13-4-14-35-74)95(91)79-40-19-20-41-80(79)96(92)103/h1-63H. The summed E-state index contributed by atoms with van der Waals surface area (Å²) in [6.07, 6.45) is 0. The molecule has 0 amide bonds. The molecule has 0 radical (unpaired) electrons. The maximum atomic E-state index is 2.53. The summed E-state index contributed by atoms with van der Waals surface area (Å²) in [5, 5.41) is 14.6. The van der Waals surface area contributed by atoms with Gasteiger partial charge in [0.1, 0.15) is 0 Å². The molecule has 0 aliphatic rings. The van der Waals surface area contributed by atoms with Gasteiger partial charge in [-0.3, -0.25) is 0 Å². The lowest BCUT2D eigenvalue weighted by Crippen LogP contribution is -2.09. The first kappa shape index (κ1) is 58.2. The minimum atomic E-state index is 1.10. The molecule has 0 spiro atoms. The highest BCUT2D eigenvalue weighted by molar-refractivity contribution is 6.39. The second kappa shape index (κ2) is 23.5. The predicted octanol–water partition coefficient (Wildman–Crippen LogP) is 26.5. The quantitative estimate of drug-likeness (QED) is 0.127. The molecule has 0 bridgehead atoms. The molecule has 103 heavy (non-hydrogen) atoms. The number of rotatable bonds is 11.